The van der Waals surface area contributed by atoms with Crippen molar-refractivity contribution in [1.29, 1.82) is 0 Å². The van der Waals surface area contributed by atoms with Crippen LogP contribution in [-0.4, -0.2) is 0 Å². The maximum absolute atomic E-state index is 3.61. The van der Waals surface area contributed by atoms with E-state index in [0.717, 1.165) is 6.42 Å². The summed E-state index contributed by atoms with van der Waals surface area (Å²) in [5.74, 6) is 0. The van der Waals surface area contributed by atoms with Gasteiger partial charge in [0, 0.05) is 0 Å². The molecular formula is C11H19Br. The van der Waals surface area contributed by atoms with E-state index in [-0.39, 0.29) is 5.41 Å². The molecule has 0 spiro atoms. The number of hydrogen-bond acceptors (Lipinski definition) is 0. The van der Waals surface area contributed by atoms with Crippen LogP contribution in [0.15, 0.2) is 22.2 Å². The maximum Gasteiger partial charge on any atom is -0.00149 e. The Labute approximate surface area is 84.9 Å². The highest BCUT2D eigenvalue weighted by Crippen LogP contribution is 2.32. The number of halogens is 1. The summed E-state index contributed by atoms with van der Waals surface area (Å²) in [6, 6.07) is 0. The molecule has 0 rings (SSSR count). The molecule has 0 radical (unpaired) electrons. The average molecular weight is 231 g/mol. The fourth-order valence-electron chi connectivity index (χ4n) is 1.10. The highest BCUT2D eigenvalue weighted by Gasteiger charge is 2.16. The molecule has 0 N–H and O–H groups in total. The molecule has 0 unspecified atom stereocenters. The maximum atomic E-state index is 3.61. The fraction of sp³-hybridized carbons (Fsp3) is 0.636. The van der Waals surface area contributed by atoms with Gasteiger partial charge in [-0.2, -0.15) is 0 Å². The van der Waals surface area contributed by atoms with Crippen molar-refractivity contribution in [2.75, 3.05) is 0 Å². The van der Waals surface area contributed by atoms with Gasteiger partial charge in [-0.1, -0.05) is 55.8 Å². The van der Waals surface area contributed by atoms with Gasteiger partial charge in [0.15, 0.2) is 0 Å². The highest BCUT2D eigenvalue weighted by atomic mass is 79.9. The molecule has 70 valence electrons. The highest BCUT2D eigenvalue weighted by molar-refractivity contribution is 9.11. The molecule has 0 aliphatic carbocycles. The molecule has 0 aromatic carbocycles. The predicted octanol–water partition coefficient (Wildman–Crippen LogP) is 4.67. The molecule has 0 aliphatic rings. The Hall–Kier alpha value is -0.0400. The molecule has 0 fully saturated rings. The van der Waals surface area contributed by atoms with Gasteiger partial charge in [0.05, 0.1) is 0 Å². The van der Waals surface area contributed by atoms with Gasteiger partial charge in [-0.3, -0.25) is 0 Å². The third-order valence-corrected chi connectivity index (χ3v) is 2.73. The topological polar surface area (TPSA) is 0 Å². The second kappa shape index (κ2) is 4.86. The van der Waals surface area contributed by atoms with E-state index >= 15 is 0 Å². The van der Waals surface area contributed by atoms with Crippen molar-refractivity contribution >= 4 is 15.9 Å². The molecule has 0 nitrogen and oxygen atoms in total. The number of allylic oxidation sites excluding steroid dienone is 4. The lowest BCUT2D eigenvalue weighted by Gasteiger charge is -2.22. The van der Waals surface area contributed by atoms with Crippen LogP contribution in [0, 0.1) is 5.41 Å². The van der Waals surface area contributed by atoms with E-state index < -0.39 is 0 Å². The minimum Gasteiger partial charge on any atom is -0.0873 e. The SMILES string of the molecule is C/C=C\C(=C(\Br)CC)C(C)(C)C. The molecule has 1 heteroatoms. The Morgan fingerprint density at radius 2 is 1.83 bits per heavy atom. The zero-order valence-corrected chi connectivity index (χ0v) is 10.3. The lowest BCUT2D eigenvalue weighted by molar-refractivity contribution is 0.514. The van der Waals surface area contributed by atoms with Crippen molar-refractivity contribution < 1.29 is 0 Å². The first-order chi connectivity index (χ1) is 5.43. The summed E-state index contributed by atoms with van der Waals surface area (Å²) in [5.41, 5.74) is 1.63. The van der Waals surface area contributed by atoms with Crippen molar-refractivity contribution in [3.8, 4) is 0 Å². The van der Waals surface area contributed by atoms with Crippen molar-refractivity contribution in [3.63, 3.8) is 0 Å². The predicted molar refractivity (Wildman–Crippen MR) is 60.5 cm³/mol. The Kier molecular flexibility index (Phi) is 4.84. The second-order valence-corrected chi connectivity index (χ2v) is 4.88. The third-order valence-electron chi connectivity index (χ3n) is 1.74. The quantitative estimate of drug-likeness (QED) is 0.606. The van der Waals surface area contributed by atoms with Gasteiger partial charge in [0.25, 0.3) is 0 Å². The van der Waals surface area contributed by atoms with E-state index in [4.69, 9.17) is 0 Å². The zero-order valence-electron chi connectivity index (χ0n) is 8.74. The van der Waals surface area contributed by atoms with Gasteiger partial charge in [0.2, 0.25) is 0 Å². The van der Waals surface area contributed by atoms with Gasteiger partial charge in [-0.05, 0) is 28.8 Å². The molecule has 0 bridgehead atoms. The molecule has 12 heavy (non-hydrogen) atoms. The fourth-order valence-corrected chi connectivity index (χ4v) is 1.83. The summed E-state index contributed by atoms with van der Waals surface area (Å²) in [5, 5.41) is 0. The van der Waals surface area contributed by atoms with Gasteiger partial charge < -0.3 is 0 Å². The van der Waals surface area contributed by atoms with Crippen LogP contribution >= 0.6 is 15.9 Å². The van der Waals surface area contributed by atoms with Crippen LogP contribution in [0.1, 0.15) is 41.0 Å². The van der Waals surface area contributed by atoms with Crippen LogP contribution < -0.4 is 0 Å². The van der Waals surface area contributed by atoms with E-state index in [1.54, 1.807) is 0 Å². The molecule has 0 aromatic heterocycles. The molecular weight excluding hydrogens is 212 g/mol. The largest absolute Gasteiger partial charge is 0.0873 e. The van der Waals surface area contributed by atoms with Gasteiger partial charge in [-0.25, -0.2) is 0 Å². The summed E-state index contributed by atoms with van der Waals surface area (Å²) >= 11 is 3.61. The summed E-state index contributed by atoms with van der Waals surface area (Å²) < 4.78 is 1.31. The van der Waals surface area contributed by atoms with Crippen molar-refractivity contribution in [1.82, 2.24) is 0 Å². The van der Waals surface area contributed by atoms with Gasteiger partial charge in [0.1, 0.15) is 0 Å². The molecule has 0 amide bonds. The van der Waals surface area contributed by atoms with E-state index in [2.05, 4.69) is 62.7 Å². The summed E-state index contributed by atoms with van der Waals surface area (Å²) in [6.45, 7) is 10.9. The van der Waals surface area contributed by atoms with Crippen molar-refractivity contribution in [2.45, 2.75) is 41.0 Å². The summed E-state index contributed by atoms with van der Waals surface area (Å²) in [7, 11) is 0. The first kappa shape index (κ1) is 12.0. The van der Waals surface area contributed by atoms with E-state index in [0.29, 0.717) is 0 Å². The standard InChI is InChI=1S/C11H19Br/c1-6-8-9(10(12)7-2)11(3,4)5/h6,8H,7H2,1-5H3/b8-6-,10-9-. The van der Waals surface area contributed by atoms with E-state index in [1.165, 1.54) is 10.1 Å². The van der Waals surface area contributed by atoms with E-state index in [1.807, 2.05) is 0 Å². The Balaban J connectivity index is 4.92. The Morgan fingerprint density at radius 3 is 2.08 bits per heavy atom. The Morgan fingerprint density at radius 1 is 1.33 bits per heavy atom. The second-order valence-electron chi connectivity index (χ2n) is 3.92. The first-order valence-corrected chi connectivity index (χ1v) is 5.24. The third kappa shape index (κ3) is 3.57. The number of rotatable bonds is 2. The van der Waals surface area contributed by atoms with Crippen LogP contribution in [-0.2, 0) is 0 Å². The normalized spacial score (nSPS) is 15.2. The van der Waals surface area contributed by atoms with Gasteiger partial charge in [-0.15, -0.1) is 0 Å². The monoisotopic (exact) mass is 230 g/mol. The minimum absolute atomic E-state index is 0.237. The van der Waals surface area contributed by atoms with Crippen LogP contribution in [0.5, 0.6) is 0 Å². The zero-order chi connectivity index (χ0) is 9.78. The molecule has 0 atom stereocenters. The molecule has 0 saturated heterocycles. The Bertz CT molecular complexity index is 192. The summed E-state index contributed by atoms with van der Waals surface area (Å²) in [6.07, 6.45) is 5.35. The van der Waals surface area contributed by atoms with Crippen LogP contribution in [0.2, 0.25) is 0 Å². The molecule has 0 aromatic rings. The van der Waals surface area contributed by atoms with E-state index in [9.17, 15) is 0 Å². The van der Waals surface area contributed by atoms with Crippen molar-refractivity contribution in [3.05, 3.63) is 22.2 Å². The van der Waals surface area contributed by atoms with Gasteiger partial charge >= 0.3 is 0 Å². The van der Waals surface area contributed by atoms with Crippen LogP contribution in [0.25, 0.3) is 0 Å². The number of hydrogen-bond donors (Lipinski definition) is 0. The lowest BCUT2D eigenvalue weighted by atomic mass is 9.85. The smallest absolute Gasteiger partial charge is 0.00149 e. The summed E-state index contributed by atoms with van der Waals surface area (Å²) in [4.78, 5) is 0. The molecule has 0 aliphatic heterocycles. The lowest BCUT2D eigenvalue weighted by Crippen LogP contribution is -2.08. The van der Waals surface area contributed by atoms with Crippen LogP contribution in [0.3, 0.4) is 0 Å². The first-order valence-electron chi connectivity index (χ1n) is 4.45. The van der Waals surface area contributed by atoms with Crippen molar-refractivity contribution in [2.24, 2.45) is 5.41 Å². The average Bonchev–Trinajstić information content (AvgIpc) is 1.96. The van der Waals surface area contributed by atoms with Crippen LogP contribution in [0.4, 0.5) is 0 Å². The molecule has 0 saturated carbocycles. The molecule has 0 heterocycles. The minimum atomic E-state index is 0.237.